The van der Waals surface area contributed by atoms with Crippen LogP contribution in [-0.4, -0.2) is 47.5 Å². The molecule has 2 N–H and O–H groups in total. The first-order valence-electron chi connectivity index (χ1n) is 5.92. The van der Waals surface area contributed by atoms with E-state index in [9.17, 15) is 9.59 Å². The molecular weight excluding hydrogens is 252 g/mol. The largest absolute Gasteiger partial charge is 0.504 e. The Hall–Kier alpha value is -1.76. The fourth-order valence-corrected chi connectivity index (χ4v) is 1.76. The van der Waals surface area contributed by atoms with E-state index in [1.807, 2.05) is 0 Å². The molecule has 1 aliphatic heterocycles. The molecule has 19 heavy (non-hydrogen) atoms. The van der Waals surface area contributed by atoms with Crippen molar-refractivity contribution in [2.24, 2.45) is 0 Å². The van der Waals surface area contributed by atoms with Gasteiger partial charge in [0.15, 0.2) is 0 Å². The molecule has 108 valence electrons. The first-order chi connectivity index (χ1) is 8.73. The van der Waals surface area contributed by atoms with Gasteiger partial charge in [0.25, 0.3) is 0 Å². The number of hydrogen-bond acceptors (Lipinski definition) is 5. The maximum atomic E-state index is 11.6. The van der Waals surface area contributed by atoms with Crippen LogP contribution in [-0.2, 0) is 14.3 Å². The van der Waals surface area contributed by atoms with E-state index < -0.39 is 23.7 Å². The van der Waals surface area contributed by atoms with E-state index in [4.69, 9.17) is 14.6 Å². The number of ether oxygens (including phenoxy) is 2. The van der Waals surface area contributed by atoms with Gasteiger partial charge in [0.1, 0.15) is 11.6 Å². The van der Waals surface area contributed by atoms with Crippen LogP contribution in [0.2, 0.25) is 0 Å². The van der Waals surface area contributed by atoms with E-state index in [0.717, 1.165) is 5.57 Å². The zero-order valence-electron chi connectivity index (χ0n) is 11.6. The summed E-state index contributed by atoms with van der Waals surface area (Å²) < 4.78 is 9.95. The van der Waals surface area contributed by atoms with Crippen molar-refractivity contribution >= 4 is 12.1 Å². The molecule has 0 unspecified atom stereocenters. The highest BCUT2D eigenvalue weighted by atomic mass is 16.6. The first kappa shape index (κ1) is 15.3. The molecule has 7 heteroatoms. The van der Waals surface area contributed by atoms with Gasteiger partial charge in [-0.25, -0.2) is 4.79 Å². The average Bonchev–Trinajstić information content (AvgIpc) is 2.58. The van der Waals surface area contributed by atoms with Gasteiger partial charge in [-0.1, -0.05) is 0 Å². The van der Waals surface area contributed by atoms with E-state index in [1.165, 1.54) is 18.4 Å². The van der Waals surface area contributed by atoms with Crippen LogP contribution >= 0.6 is 0 Å². The SMILES string of the molecule is COC=C1C[C@@H](C(=O)O)N(NC(=O)OC(C)(C)C)C1. The summed E-state index contributed by atoms with van der Waals surface area (Å²) in [6, 6.07) is -0.811. The van der Waals surface area contributed by atoms with Crippen LogP contribution < -0.4 is 5.43 Å². The minimum atomic E-state index is -1.00. The van der Waals surface area contributed by atoms with Gasteiger partial charge in [-0.15, -0.1) is 0 Å². The second-order valence-corrected chi connectivity index (χ2v) is 5.31. The zero-order chi connectivity index (χ0) is 14.6. The lowest BCUT2D eigenvalue weighted by atomic mass is 10.2. The van der Waals surface area contributed by atoms with Crippen molar-refractivity contribution in [1.82, 2.24) is 10.4 Å². The smallest absolute Gasteiger partial charge is 0.422 e. The first-order valence-corrected chi connectivity index (χ1v) is 5.92. The van der Waals surface area contributed by atoms with E-state index in [-0.39, 0.29) is 0 Å². The quantitative estimate of drug-likeness (QED) is 0.748. The molecule has 0 spiro atoms. The summed E-state index contributed by atoms with van der Waals surface area (Å²) in [4.78, 5) is 22.8. The zero-order valence-corrected chi connectivity index (χ0v) is 11.6. The number of hydrogen-bond donors (Lipinski definition) is 2. The van der Waals surface area contributed by atoms with Crippen LogP contribution in [0.4, 0.5) is 4.79 Å². The maximum Gasteiger partial charge on any atom is 0.422 e. The number of carbonyl (C=O) groups excluding carboxylic acids is 1. The van der Waals surface area contributed by atoms with Crippen LogP contribution in [0.25, 0.3) is 0 Å². The minimum absolute atomic E-state index is 0.296. The van der Waals surface area contributed by atoms with E-state index in [2.05, 4.69) is 5.43 Å². The summed E-state index contributed by atoms with van der Waals surface area (Å²) in [6.07, 6.45) is 1.13. The lowest BCUT2D eigenvalue weighted by Crippen LogP contribution is -2.49. The molecule has 0 saturated carbocycles. The number of amides is 1. The number of methoxy groups -OCH3 is 1. The van der Waals surface area contributed by atoms with Crippen LogP contribution in [0, 0.1) is 0 Å². The van der Waals surface area contributed by atoms with Gasteiger partial charge in [0.05, 0.1) is 13.4 Å². The molecule has 1 saturated heterocycles. The van der Waals surface area contributed by atoms with E-state index >= 15 is 0 Å². The fourth-order valence-electron chi connectivity index (χ4n) is 1.76. The summed E-state index contributed by atoms with van der Waals surface area (Å²) in [5.74, 6) is -1.00. The van der Waals surface area contributed by atoms with E-state index in [0.29, 0.717) is 13.0 Å². The van der Waals surface area contributed by atoms with Gasteiger partial charge in [-0.2, -0.15) is 5.01 Å². The molecule has 0 aromatic rings. The molecular formula is C12H20N2O5. The Kier molecular flexibility index (Phi) is 4.77. The molecule has 0 aromatic carbocycles. The lowest BCUT2D eigenvalue weighted by molar-refractivity contribution is -0.143. The van der Waals surface area contributed by atoms with Crippen LogP contribution in [0.3, 0.4) is 0 Å². The molecule has 0 aliphatic carbocycles. The molecule has 0 aromatic heterocycles. The van der Waals surface area contributed by atoms with Crippen molar-refractivity contribution in [1.29, 1.82) is 0 Å². The lowest BCUT2D eigenvalue weighted by Gasteiger charge is -2.25. The average molecular weight is 272 g/mol. The number of aliphatic carboxylic acids is 1. The number of nitrogens with zero attached hydrogens (tertiary/aromatic N) is 1. The Morgan fingerprint density at radius 1 is 1.47 bits per heavy atom. The number of carboxylic acids is 1. The Labute approximate surface area is 112 Å². The summed E-state index contributed by atoms with van der Waals surface area (Å²) in [5, 5.41) is 10.4. The monoisotopic (exact) mass is 272 g/mol. The summed E-state index contributed by atoms with van der Waals surface area (Å²) >= 11 is 0. The number of carboxylic acid groups (broad SMARTS) is 1. The number of carbonyl (C=O) groups is 2. The topological polar surface area (TPSA) is 88.1 Å². The van der Waals surface area contributed by atoms with Crippen molar-refractivity contribution in [2.45, 2.75) is 38.8 Å². The van der Waals surface area contributed by atoms with Crippen molar-refractivity contribution in [2.75, 3.05) is 13.7 Å². The maximum absolute atomic E-state index is 11.6. The number of rotatable bonds is 3. The Bertz CT molecular complexity index is 386. The van der Waals surface area contributed by atoms with Crippen LogP contribution in [0.1, 0.15) is 27.2 Å². The third-order valence-corrected chi connectivity index (χ3v) is 2.41. The summed E-state index contributed by atoms with van der Waals surface area (Å²) in [5.41, 5.74) is 2.62. The highest BCUT2D eigenvalue weighted by Crippen LogP contribution is 2.21. The number of hydrazine groups is 1. The predicted molar refractivity (Wildman–Crippen MR) is 67.2 cm³/mol. The third-order valence-electron chi connectivity index (χ3n) is 2.41. The predicted octanol–water partition coefficient (Wildman–Crippen LogP) is 1.12. The second-order valence-electron chi connectivity index (χ2n) is 5.31. The Balaban J connectivity index is 2.67. The standard InChI is InChI=1S/C12H20N2O5/c1-12(2,3)19-11(17)13-14-6-8(7-18-4)5-9(14)10(15)16/h7,9H,5-6H2,1-4H3,(H,13,17)(H,15,16)/t9-/m0/s1. The summed E-state index contributed by atoms with van der Waals surface area (Å²) in [6.45, 7) is 5.51. The van der Waals surface area contributed by atoms with Crippen molar-refractivity contribution in [3.8, 4) is 0 Å². The van der Waals surface area contributed by atoms with Gasteiger partial charge >= 0.3 is 12.1 Å². The highest BCUT2D eigenvalue weighted by Gasteiger charge is 2.35. The molecule has 0 radical (unpaired) electrons. The van der Waals surface area contributed by atoms with Crippen molar-refractivity contribution in [3.63, 3.8) is 0 Å². The van der Waals surface area contributed by atoms with Crippen molar-refractivity contribution < 1.29 is 24.2 Å². The Morgan fingerprint density at radius 3 is 2.58 bits per heavy atom. The summed E-state index contributed by atoms with van der Waals surface area (Å²) in [7, 11) is 1.49. The molecule has 1 fully saturated rings. The molecule has 1 aliphatic rings. The highest BCUT2D eigenvalue weighted by molar-refractivity contribution is 5.76. The molecule has 1 atom stereocenters. The molecule has 7 nitrogen and oxygen atoms in total. The molecule has 1 amide bonds. The minimum Gasteiger partial charge on any atom is -0.504 e. The number of nitrogens with one attached hydrogen (secondary N) is 1. The van der Waals surface area contributed by atoms with Gasteiger partial charge < -0.3 is 14.6 Å². The normalized spacial score (nSPS) is 22.3. The van der Waals surface area contributed by atoms with E-state index in [1.54, 1.807) is 20.8 Å². The van der Waals surface area contributed by atoms with Crippen LogP contribution in [0.5, 0.6) is 0 Å². The molecule has 1 rings (SSSR count). The Morgan fingerprint density at radius 2 is 2.11 bits per heavy atom. The van der Waals surface area contributed by atoms with Crippen molar-refractivity contribution in [3.05, 3.63) is 11.8 Å². The van der Waals surface area contributed by atoms with Gasteiger partial charge in [-0.3, -0.25) is 10.2 Å². The molecule has 0 bridgehead atoms. The third kappa shape index (κ3) is 4.78. The van der Waals surface area contributed by atoms with Gasteiger partial charge in [0.2, 0.25) is 0 Å². The van der Waals surface area contributed by atoms with Gasteiger partial charge in [-0.05, 0) is 26.3 Å². The second kappa shape index (κ2) is 5.92. The fraction of sp³-hybridized carbons (Fsp3) is 0.667. The molecule has 1 heterocycles. The van der Waals surface area contributed by atoms with Gasteiger partial charge in [0, 0.05) is 13.0 Å². The van der Waals surface area contributed by atoms with Crippen LogP contribution in [0.15, 0.2) is 11.8 Å².